The molecule has 26 heavy (non-hydrogen) atoms. The minimum Gasteiger partial charge on any atom is -0.361 e. The lowest BCUT2D eigenvalue weighted by atomic mass is 10.1. The van der Waals surface area contributed by atoms with E-state index in [0.717, 1.165) is 0 Å². The van der Waals surface area contributed by atoms with Crippen molar-refractivity contribution in [2.24, 2.45) is 0 Å². The highest BCUT2D eigenvalue weighted by Crippen LogP contribution is 2.43. The molecule has 0 aliphatic heterocycles. The largest absolute Gasteiger partial charge is 0.361 e. The van der Waals surface area contributed by atoms with Gasteiger partial charge in [-0.2, -0.15) is 4.72 Å². The highest BCUT2D eigenvalue weighted by Gasteiger charge is 2.39. The quantitative estimate of drug-likeness (QED) is 0.521. The standard InChI is InChI=1S/C16H11Cl4FN2O2S/c17-9-4-6-10(7-5-9)26(24,25)23-15(16(18,19)20)11-8-22-13-3-1-2-12(21)14(11)13/h1-8,15,22-23H. The maximum atomic E-state index is 14.3. The number of aromatic amines is 1. The first-order valence-corrected chi connectivity index (χ1v) is 10.2. The molecule has 4 nitrogen and oxygen atoms in total. The van der Waals surface area contributed by atoms with Crippen LogP contribution in [0.1, 0.15) is 11.6 Å². The van der Waals surface area contributed by atoms with Gasteiger partial charge in [0.1, 0.15) is 5.82 Å². The zero-order chi connectivity index (χ0) is 19.1. The molecule has 138 valence electrons. The summed E-state index contributed by atoms with van der Waals surface area (Å²) in [5.74, 6) is -0.566. The van der Waals surface area contributed by atoms with E-state index in [-0.39, 0.29) is 15.8 Å². The molecule has 0 amide bonds. The van der Waals surface area contributed by atoms with Crippen LogP contribution in [0.4, 0.5) is 4.39 Å². The Morgan fingerprint density at radius 2 is 1.73 bits per heavy atom. The maximum absolute atomic E-state index is 14.3. The molecule has 0 bridgehead atoms. The van der Waals surface area contributed by atoms with E-state index in [4.69, 9.17) is 46.4 Å². The van der Waals surface area contributed by atoms with Crippen LogP contribution in [0.2, 0.25) is 5.02 Å². The Morgan fingerprint density at radius 1 is 1.08 bits per heavy atom. The van der Waals surface area contributed by atoms with Crippen LogP contribution in [0.5, 0.6) is 0 Å². The predicted molar refractivity (Wildman–Crippen MR) is 103 cm³/mol. The van der Waals surface area contributed by atoms with Crippen LogP contribution in [0.3, 0.4) is 0 Å². The summed E-state index contributed by atoms with van der Waals surface area (Å²) in [6.07, 6.45) is 1.41. The molecular formula is C16H11Cl4FN2O2S. The third-order valence-electron chi connectivity index (χ3n) is 3.72. The number of alkyl halides is 3. The normalized spacial score (nSPS) is 13.9. The summed E-state index contributed by atoms with van der Waals surface area (Å²) in [7, 11) is -4.07. The summed E-state index contributed by atoms with van der Waals surface area (Å²) in [6, 6.07) is 8.52. The topological polar surface area (TPSA) is 62.0 Å². The Bertz CT molecular complexity index is 1050. The van der Waals surface area contributed by atoms with Crippen molar-refractivity contribution in [1.82, 2.24) is 9.71 Å². The number of benzene rings is 2. The van der Waals surface area contributed by atoms with Crippen LogP contribution >= 0.6 is 46.4 Å². The van der Waals surface area contributed by atoms with Gasteiger partial charge in [-0.25, -0.2) is 12.8 Å². The Kier molecular flexibility index (Phi) is 5.45. The van der Waals surface area contributed by atoms with Crippen LogP contribution in [0.15, 0.2) is 53.6 Å². The molecule has 2 aromatic carbocycles. The molecule has 0 aliphatic rings. The molecule has 0 radical (unpaired) electrons. The molecule has 1 aromatic heterocycles. The van der Waals surface area contributed by atoms with Gasteiger partial charge in [0.2, 0.25) is 13.8 Å². The van der Waals surface area contributed by atoms with E-state index in [9.17, 15) is 12.8 Å². The van der Waals surface area contributed by atoms with Gasteiger partial charge in [0.25, 0.3) is 0 Å². The molecule has 1 heterocycles. The first kappa shape index (κ1) is 19.7. The maximum Gasteiger partial charge on any atom is 0.241 e. The molecule has 3 aromatic rings. The van der Waals surface area contributed by atoms with Crippen LogP contribution in [0, 0.1) is 5.82 Å². The number of H-pyrrole nitrogens is 1. The van der Waals surface area contributed by atoms with Crippen LogP contribution in [-0.4, -0.2) is 17.2 Å². The molecule has 0 spiro atoms. The van der Waals surface area contributed by atoms with E-state index in [1.807, 2.05) is 0 Å². The van der Waals surface area contributed by atoms with E-state index in [1.54, 1.807) is 6.07 Å². The van der Waals surface area contributed by atoms with Gasteiger partial charge in [-0.3, -0.25) is 0 Å². The highest BCUT2D eigenvalue weighted by molar-refractivity contribution is 7.89. The number of hydrogen-bond acceptors (Lipinski definition) is 2. The van der Waals surface area contributed by atoms with Crippen molar-refractivity contribution >= 4 is 67.3 Å². The first-order chi connectivity index (χ1) is 12.1. The fraction of sp³-hybridized carbons (Fsp3) is 0.125. The third-order valence-corrected chi connectivity index (χ3v) is 6.07. The van der Waals surface area contributed by atoms with Crippen molar-refractivity contribution in [2.75, 3.05) is 0 Å². The van der Waals surface area contributed by atoms with Crippen molar-refractivity contribution in [3.8, 4) is 0 Å². The molecule has 1 unspecified atom stereocenters. The Balaban J connectivity index is 2.09. The predicted octanol–water partition coefficient (Wildman–Crippen LogP) is 5.35. The van der Waals surface area contributed by atoms with Crippen molar-refractivity contribution in [1.29, 1.82) is 0 Å². The van der Waals surface area contributed by atoms with E-state index >= 15 is 0 Å². The minimum atomic E-state index is -4.07. The lowest BCUT2D eigenvalue weighted by molar-refractivity contribution is 0.558. The number of hydrogen-bond donors (Lipinski definition) is 2. The lowest BCUT2D eigenvalue weighted by Crippen LogP contribution is -2.36. The second kappa shape index (κ2) is 7.19. The zero-order valence-corrected chi connectivity index (χ0v) is 16.7. The molecule has 0 saturated heterocycles. The lowest BCUT2D eigenvalue weighted by Gasteiger charge is -2.25. The highest BCUT2D eigenvalue weighted by atomic mass is 35.6. The van der Waals surface area contributed by atoms with E-state index in [1.165, 1.54) is 42.6 Å². The van der Waals surface area contributed by atoms with Crippen LogP contribution in [0.25, 0.3) is 10.9 Å². The SMILES string of the molecule is O=S(=O)(NC(c1c[nH]c2cccc(F)c12)C(Cl)(Cl)Cl)c1ccc(Cl)cc1. The number of sulfonamides is 1. The summed E-state index contributed by atoms with van der Waals surface area (Å²) in [6.45, 7) is 0. The number of aromatic nitrogens is 1. The summed E-state index contributed by atoms with van der Waals surface area (Å²) in [4.78, 5) is 2.78. The fourth-order valence-electron chi connectivity index (χ4n) is 2.54. The number of nitrogens with one attached hydrogen (secondary N) is 2. The second-order valence-corrected chi connectivity index (χ2v) is 9.98. The molecule has 0 fully saturated rings. The molecule has 10 heteroatoms. The number of fused-ring (bicyclic) bond motifs is 1. The summed E-state index contributed by atoms with van der Waals surface area (Å²) >= 11 is 23.8. The van der Waals surface area contributed by atoms with Crippen LogP contribution < -0.4 is 4.72 Å². The van der Waals surface area contributed by atoms with E-state index in [2.05, 4.69) is 9.71 Å². The Morgan fingerprint density at radius 3 is 2.35 bits per heavy atom. The van der Waals surface area contributed by atoms with Crippen LogP contribution in [-0.2, 0) is 10.0 Å². The molecular weight excluding hydrogens is 445 g/mol. The van der Waals surface area contributed by atoms with Gasteiger partial charge in [0, 0.05) is 27.7 Å². The average Bonchev–Trinajstić information content (AvgIpc) is 2.97. The van der Waals surface area contributed by atoms with Gasteiger partial charge in [-0.1, -0.05) is 52.5 Å². The van der Waals surface area contributed by atoms with Gasteiger partial charge in [-0.15, -0.1) is 0 Å². The molecule has 3 rings (SSSR count). The Labute approximate surface area is 169 Å². The van der Waals surface area contributed by atoms with Crippen molar-refractivity contribution in [3.63, 3.8) is 0 Å². The smallest absolute Gasteiger partial charge is 0.241 e. The van der Waals surface area contributed by atoms with E-state index in [0.29, 0.717) is 10.5 Å². The van der Waals surface area contributed by atoms with Gasteiger partial charge >= 0.3 is 0 Å². The minimum absolute atomic E-state index is 0.0681. The van der Waals surface area contributed by atoms with Crippen molar-refractivity contribution in [2.45, 2.75) is 14.7 Å². The first-order valence-electron chi connectivity index (χ1n) is 7.20. The van der Waals surface area contributed by atoms with Gasteiger partial charge < -0.3 is 4.98 Å². The van der Waals surface area contributed by atoms with E-state index < -0.39 is 25.7 Å². The van der Waals surface area contributed by atoms with Gasteiger partial charge in [0.05, 0.1) is 10.9 Å². The second-order valence-electron chi connectivity index (χ2n) is 5.46. The van der Waals surface area contributed by atoms with Gasteiger partial charge in [0.15, 0.2) is 0 Å². The molecule has 0 saturated carbocycles. The monoisotopic (exact) mass is 454 g/mol. The molecule has 1 atom stereocenters. The number of halogens is 5. The average molecular weight is 456 g/mol. The summed E-state index contributed by atoms with van der Waals surface area (Å²) in [5, 5.41) is 0.517. The Hall–Kier alpha value is -1.02. The zero-order valence-electron chi connectivity index (χ0n) is 12.8. The molecule has 2 N–H and O–H groups in total. The fourth-order valence-corrected chi connectivity index (χ4v) is 4.62. The van der Waals surface area contributed by atoms with Crippen molar-refractivity contribution in [3.05, 3.63) is 65.1 Å². The van der Waals surface area contributed by atoms with Gasteiger partial charge in [-0.05, 0) is 36.4 Å². The number of rotatable bonds is 4. The third kappa shape index (κ3) is 3.96. The molecule has 0 aliphatic carbocycles. The van der Waals surface area contributed by atoms with Crippen molar-refractivity contribution < 1.29 is 12.8 Å². The summed E-state index contributed by atoms with van der Waals surface area (Å²) in [5.41, 5.74) is 0.626. The summed E-state index contributed by atoms with van der Waals surface area (Å²) < 4.78 is 39.9.